The zero-order chi connectivity index (χ0) is 17.3. The molecular weight excluding hydrogens is 312 g/mol. The van der Waals surface area contributed by atoms with Gasteiger partial charge in [-0.1, -0.05) is 18.2 Å². The molecule has 0 amide bonds. The summed E-state index contributed by atoms with van der Waals surface area (Å²) in [6.45, 7) is 3.90. The highest BCUT2D eigenvalue weighted by atomic mass is 16.6. The fraction of sp³-hybridized carbons (Fsp3) is 0.200. The van der Waals surface area contributed by atoms with Crippen molar-refractivity contribution in [2.24, 2.45) is 0 Å². The highest BCUT2D eigenvalue weighted by Gasteiger charge is 2.17. The van der Waals surface area contributed by atoms with Crippen LogP contribution in [-0.2, 0) is 6.54 Å². The third-order valence-corrected chi connectivity index (χ3v) is 3.69. The molecule has 0 atom stereocenters. The minimum Gasteiger partial charge on any atom is -0.302 e. The average molecular weight is 326 g/mol. The lowest BCUT2D eigenvalue weighted by atomic mass is 10.1. The Kier molecular flexibility index (Phi) is 3.90. The SMILES string of the molecule is Cc1cccc(C)c1-n1nnnc1Cn1cccc([N+](=O)[O-])c1=O. The molecule has 0 aliphatic carbocycles. The van der Waals surface area contributed by atoms with Crippen molar-refractivity contribution in [3.8, 4) is 5.69 Å². The Bertz CT molecular complexity index is 955. The molecular formula is C15H14N6O3. The normalized spacial score (nSPS) is 10.8. The number of benzene rings is 1. The maximum atomic E-state index is 12.2. The summed E-state index contributed by atoms with van der Waals surface area (Å²) in [6.07, 6.45) is 1.47. The van der Waals surface area contributed by atoms with Crippen LogP contribution in [0.4, 0.5) is 5.69 Å². The van der Waals surface area contributed by atoms with E-state index in [0.717, 1.165) is 16.8 Å². The van der Waals surface area contributed by atoms with E-state index in [-0.39, 0.29) is 6.54 Å². The van der Waals surface area contributed by atoms with Crippen LogP contribution in [0.2, 0.25) is 0 Å². The molecule has 2 aromatic heterocycles. The summed E-state index contributed by atoms with van der Waals surface area (Å²) in [7, 11) is 0. The number of rotatable bonds is 4. The van der Waals surface area contributed by atoms with E-state index in [0.29, 0.717) is 5.82 Å². The first-order valence-corrected chi connectivity index (χ1v) is 7.16. The maximum Gasteiger partial charge on any atom is 0.334 e. The molecule has 0 radical (unpaired) electrons. The largest absolute Gasteiger partial charge is 0.334 e. The fourth-order valence-corrected chi connectivity index (χ4v) is 2.56. The lowest BCUT2D eigenvalue weighted by Gasteiger charge is -2.11. The van der Waals surface area contributed by atoms with Gasteiger partial charge in [-0.2, -0.15) is 4.68 Å². The summed E-state index contributed by atoms with van der Waals surface area (Å²) in [5.41, 5.74) is 1.61. The van der Waals surface area contributed by atoms with Crippen LogP contribution in [0.3, 0.4) is 0 Å². The van der Waals surface area contributed by atoms with Gasteiger partial charge in [-0.05, 0) is 41.5 Å². The first-order chi connectivity index (χ1) is 11.5. The molecule has 0 unspecified atom stereocenters. The predicted molar refractivity (Wildman–Crippen MR) is 85.1 cm³/mol. The molecule has 0 saturated heterocycles. The van der Waals surface area contributed by atoms with Gasteiger partial charge >= 0.3 is 11.2 Å². The minimum absolute atomic E-state index is 0.0291. The molecule has 122 valence electrons. The molecule has 24 heavy (non-hydrogen) atoms. The summed E-state index contributed by atoms with van der Waals surface area (Å²) < 4.78 is 2.77. The first-order valence-electron chi connectivity index (χ1n) is 7.16. The van der Waals surface area contributed by atoms with Gasteiger partial charge in [-0.3, -0.25) is 14.9 Å². The monoisotopic (exact) mass is 326 g/mol. The van der Waals surface area contributed by atoms with Crippen molar-refractivity contribution in [2.75, 3.05) is 0 Å². The summed E-state index contributed by atoms with van der Waals surface area (Å²) >= 11 is 0. The van der Waals surface area contributed by atoms with Crippen molar-refractivity contribution < 1.29 is 4.92 Å². The lowest BCUT2D eigenvalue weighted by molar-refractivity contribution is -0.386. The number of nitrogens with zero attached hydrogens (tertiary/aromatic N) is 6. The minimum atomic E-state index is -0.701. The van der Waals surface area contributed by atoms with Gasteiger partial charge in [0.05, 0.1) is 17.2 Å². The summed E-state index contributed by atoms with van der Waals surface area (Å²) in [5, 5.41) is 22.5. The summed E-state index contributed by atoms with van der Waals surface area (Å²) in [4.78, 5) is 22.4. The van der Waals surface area contributed by atoms with E-state index in [9.17, 15) is 14.9 Å². The van der Waals surface area contributed by atoms with Crippen molar-refractivity contribution >= 4 is 5.69 Å². The zero-order valence-corrected chi connectivity index (χ0v) is 13.1. The Balaban J connectivity index is 2.06. The van der Waals surface area contributed by atoms with Crippen LogP contribution in [0, 0.1) is 24.0 Å². The number of hydrogen-bond donors (Lipinski definition) is 0. The van der Waals surface area contributed by atoms with E-state index in [1.807, 2.05) is 32.0 Å². The second kappa shape index (κ2) is 6.03. The molecule has 0 aliphatic rings. The topological polar surface area (TPSA) is 109 Å². The van der Waals surface area contributed by atoms with E-state index >= 15 is 0 Å². The Morgan fingerprint density at radius 1 is 1.17 bits per heavy atom. The zero-order valence-electron chi connectivity index (χ0n) is 13.1. The van der Waals surface area contributed by atoms with Gasteiger partial charge in [-0.15, -0.1) is 5.10 Å². The van der Waals surface area contributed by atoms with Gasteiger partial charge < -0.3 is 4.57 Å². The molecule has 0 saturated carbocycles. The molecule has 0 N–H and O–H groups in total. The highest BCUT2D eigenvalue weighted by molar-refractivity contribution is 5.46. The highest BCUT2D eigenvalue weighted by Crippen LogP contribution is 2.18. The second-order valence-electron chi connectivity index (χ2n) is 5.33. The molecule has 0 aliphatic heterocycles. The third-order valence-electron chi connectivity index (χ3n) is 3.69. The Morgan fingerprint density at radius 2 is 1.88 bits per heavy atom. The average Bonchev–Trinajstić information content (AvgIpc) is 2.97. The van der Waals surface area contributed by atoms with Crippen molar-refractivity contribution in [1.82, 2.24) is 24.8 Å². The third kappa shape index (κ3) is 2.67. The summed E-state index contributed by atoms with van der Waals surface area (Å²) in [5.74, 6) is 0.412. The van der Waals surface area contributed by atoms with Gasteiger partial charge in [-0.25, -0.2) is 0 Å². The van der Waals surface area contributed by atoms with Crippen molar-refractivity contribution in [2.45, 2.75) is 20.4 Å². The fourth-order valence-electron chi connectivity index (χ4n) is 2.56. The molecule has 1 aromatic carbocycles. The molecule has 3 aromatic rings. The van der Waals surface area contributed by atoms with Crippen LogP contribution in [0.25, 0.3) is 5.69 Å². The van der Waals surface area contributed by atoms with Crippen molar-refractivity contribution in [3.63, 3.8) is 0 Å². The number of pyridine rings is 1. The molecule has 0 bridgehead atoms. The van der Waals surface area contributed by atoms with Crippen LogP contribution in [-0.4, -0.2) is 29.7 Å². The summed E-state index contributed by atoms with van der Waals surface area (Å²) in [6, 6.07) is 8.43. The van der Waals surface area contributed by atoms with Gasteiger partial charge in [0.1, 0.15) is 0 Å². The van der Waals surface area contributed by atoms with E-state index < -0.39 is 16.2 Å². The Morgan fingerprint density at radius 3 is 2.54 bits per heavy atom. The number of hydrogen-bond acceptors (Lipinski definition) is 6. The van der Waals surface area contributed by atoms with Gasteiger partial charge in [0.25, 0.3) is 0 Å². The standard InChI is InChI=1S/C15H14N6O3/c1-10-5-3-6-11(2)14(10)20-13(16-17-18-20)9-19-8-4-7-12(15(19)22)21(23)24/h3-8H,9H2,1-2H3. The Labute approximate surface area is 136 Å². The molecule has 9 nitrogen and oxygen atoms in total. The van der Waals surface area contributed by atoms with Crippen molar-refractivity contribution in [1.29, 1.82) is 0 Å². The number of aromatic nitrogens is 5. The smallest absolute Gasteiger partial charge is 0.302 e. The van der Waals surface area contributed by atoms with Crippen LogP contribution < -0.4 is 5.56 Å². The molecule has 2 heterocycles. The maximum absolute atomic E-state index is 12.2. The second-order valence-corrected chi connectivity index (χ2v) is 5.33. The van der Waals surface area contributed by atoms with Gasteiger partial charge in [0.15, 0.2) is 5.82 Å². The van der Waals surface area contributed by atoms with E-state index in [4.69, 9.17) is 0 Å². The van der Waals surface area contributed by atoms with Crippen LogP contribution in [0.15, 0.2) is 41.3 Å². The molecule has 0 fully saturated rings. The number of tetrazole rings is 1. The van der Waals surface area contributed by atoms with Crippen LogP contribution in [0.5, 0.6) is 0 Å². The van der Waals surface area contributed by atoms with E-state index in [2.05, 4.69) is 15.5 Å². The van der Waals surface area contributed by atoms with Gasteiger partial charge in [0, 0.05) is 12.3 Å². The van der Waals surface area contributed by atoms with Crippen molar-refractivity contribution in [3.05, 3.63) is 73.9 Å². The van der Waals surface area contributed by atoms with Gasteiger partial charge in [0.2, 0.25) is 0 Å². The first kappa shape index (κ1) is 15.5. The van der Waals surface area contributed by atoms with Crippen LogP contribution in [0.1, 0.15) is 17.0 Å². The lowest BCUT2D eigenvalue weighted by Crippen LogP contribution is -2.24. The number of nitro groups is 1. The van der Waals surface area contributed by atoms with E-state index in [1.165, 1.54) is 22.9 Å². The van der Waals surface area contributed by atoms with E-state index in [1.54, 1.807) is 4.68 Å². The number of aryl methyl sites for hydroxylation is 2. The molecule has 0 spiro atoms. The quantitative estimate of drug-likeness (QED) is 0.529. The van der Waals surface area contributed by atoms with Crippen LogP contribution >= 0.6 is 0 Å². The molecule has 3 rings (SSSR count). The predicted octanol–water partition coefficient (Wildman–Crippen LogP) is 1.40. The Hall–Kier alpha value is -3.36. The number of para-hydroxylation sites is 1. The molecule has 9 heteroatoms.